The Kier molecular flexibility index (Phi) is 3.43. The van der Waals surface area contributed by atoms with Gasteiger partial charge in [0.25, 0.3) is 0 Å². The molecule has 1 heterocycles. The fourth-order valence-electron chi connectivity index (χ4n) is 1.95. The highest BCUT2D eigenvalue weighted by atomic mass is 14.9. The summed E-state index contributed by atoms with van der Waals surface area (Å²) in [6.45, 7) is 6.46. The third-order valence-corrected chi connectivity index (χ3v) is 2.77. The topological polar surface area (TPSA) is 24.9 Å². The maximum Gasteiger partial charge on any atom is 0.0378 e. The third-order valence-electron chi connectivity index (χ3n) is 2.77. The number of nitrogens with zero attached hydrogens (tertiary/aromatic N) is 1. The molecular weight excluding hydrogens is 208 g/mol. The average molecular weight is 226 g/mol. The lowest BCUT2D eigenvalue weighted by Gasteiger charge is -2.15. The zero-order valence-electron chi connectivity index (χ0n) is 10.6. The van der Waals surface area contributed by atoms with Crippen molar-refractivity contribution in [1.82, 2.24) is 4.98 Å². The molecule has 0 saturated heterocycles. The Morgan fingerprint density at radius 1 is 1.06 bits per heavy atom. The number of hydrogen-bond acceptors (Lipinski definition) is 2. The minimum atomic E-state index is 0.446. The first kappa shape index (κ1) is 11.6. The van der Waals surface area contributed by atoms with E-state index in [9.17, 15) is 0 Å². The molecule has 0 atom stereocenters. The highest BCUT2D eigenvalue weighted by molar-refractivity contribution is 5.73. The molecule has 0 unspecified atom stereocenters. The van der Waals surface area contributed by atoms with Crippen molar-refractivity contribution in [2.45, 2.75) is 26.8 Å². The summed E-state index contributed by atoms with van der Waals surface area (Å²) in [5.74, 6) is 0. The Morgan fingerprint density at radius 2 is 1.76 bits per heavy atom. The number of benzene rings is 1. The van der Waals surface area contributed by atoms with Crippen LogP contribution < -0.4 is 5.32 Å². The molecule has 1 aromatic carbocycles. The average Bonchev–Trinajstić information content (AvgIpc) is 2.32. The van der Waals surface area contributed by atoms with Crippen molar-refractivity contribution in [1.29, 1.82) is 0 Å². The van der Waals surface area contributed by atoms with E-state index in [4.69, 9.17) is 0 Å². The van der Waals surface area contributed by atoms with Crippen molar-refractivity contribution in [3.63, 3.8) is 0 Å². The summed E-state index contributed by atoms with van der Waals surface area (Å²) < 4.78 is 0. The van der Waals surface area contributed by atoms with Crippen LogP contribution in [0.15, 0.2) is 42.7 Å². The van der Waals surface area contributed by atoms with Crippen molar-refractivity contribution in [3.05, 3.63) is 48.3 Å². The molecule has 0 amide bonds. The number of rotatable bonds is 3. The number of anilines is 1. The molecular formula is C15H18N2. The second-order valence-corrected chi connectivity index (χ2v) is 4.51. The highest BCUT2D eigenvalue weighted by Crippen LogP contribution is 2.28. The van der Waals surface area contributed by atoms with Gasteiger partial charge in [0.2, 0.25) is 0 Å². The predicted octanol–water partition coefficient (Wildman–Crippen LogP) is 3.88. The minimum Gasteiger partial charge on any atom is -0.383 e. The van der Waals surface area contributed by atoms with E-state index >= 15 is 0 Å². The molecule has 2 nitrogen and oxygen atoms in total. The van der Waals surface area contributed by atoms with Gasteiger partial charge < -0.3 is 5.32 Å². The standard InChI is InChI=1S/C15H18N2/c1-11(2)17-15-6-4-5-14(12(15)3)13-7-9-16-10-8-13/h4-11,17H,1-3H3. The molecule has 0 bridgehead atoms. The van der Waals surface area contributed by atoms with Gasteiger partial charge >= 0.3 is 0 Å². The first-order chi connectivity index (χ1) is 8.18. The van der Waals surface area contributed by atoms with Gasteiger partial charge in [0.15, 0.2) is 0 Å². The number of hydrogen-bond donors (Lipinski definition) is 1. The molecule has 0 spiro atoms. The number of aromatic nitrogens is 1. The monoisotopic (exact) mass is 226 g/mol. The molecule has 0 aliphatic carbocycles. The van der Waals surface area contributed by atoms with Gasteiger partial charge in [0.05, 0.1) is 0 Å². The van der Waals surface area contributed by atoms with Crippen LogP contribution in [0, 0.1) is 6.92 Å². The van der Waals surface area contributed by atoms with Crippen molar-refractivity contribution in [2.75, 3.05) is 5.32 Å². The third kappa shape index (κ3) is 2.64. The van der Waals surface area contributed by atoms with E-state index in [0.29, 0.717) is 6.04 Å². The Morgan fingerprint density at radius 3 is 2.41 bits per heavy atom. The first-order valence-corrected chi connectivity index (χ1v) is 5.95. The van der Waals surface area contributed by atoms with E-state index in [1.165, 1.54) is 22.4 Å². The van der Waals surface area contributed by atoms with Crippen LogP contribution in [0.5, 0.6) is 0 Å². The maximum atomic E-state index is 4.06. The summed E-state index contributed by atoms with van der Waals surface area (Å²) in [7, 11) is 0. The molecule has 17 heavy (non-hydrogen) atoms. The van der Waals surface area contributed by atoms with Crippen LogP contribution >= 0.6 is 0 Å². The molecule has 88 valence electrons. The smallest absolute Gasteiger partial charge is 0.0378 e. The molecule has 0 radical (unpaired) electrons. The zero-order valence-corrected chi connectivity index (χ0v) is 10.6. The zero-order chi connectivity index (χ0) is 12.3. The van der Waals surface area contributed by atoms with Crippen LogP contribution in [-0.2, 0) is 0 Å². The fourth-order valence-corrected chi connectivity index (χ4v) is 1.95. The lowest BCUT2D eigenvalue weighted by Crippen LogP contribution is -2.10. The summed E-state index contributed by atoms with van der Waals surface area (Å²) in [4.78, 5) is 4.06. The van der Waals surface area contributed by atoms with Gasteiger partial charge in [-0.1, -0.05) is 12.1 Å². The Hall–Kier alpha value is -1.83. The molecule has 1 aromatic heterocycles. The van der Waals surface area contributed by atoms with Crippen LogP contribution in [0.4, 0.5) is 5.69 Å². The van der Waals surface area contributed by atoms with Gasteiger partial charge in [-0.2, -0.15) is 0 Å². The fraction of sp³-hybridized carbons (Fsp3) is 0.267. The summed E-state index contributed by atoms with van der Waals surface area (Å²) in [5, 5.41) is 3.47. The van der Waals surface area contributed by atoms with E-state index in [1.807, 2.05) is 24.5 Å². The molecule has 0 saturated carbocycles. The van der Waals surface area contributed by atoms with Gasteiger partial charge in [0, 0.05) is 24.1 Å². The van der Waals surface area contributed by atoms with E-state index < -0.39 is 0 Å². The molecule has 0 aliphatic heterocycles. The largest absolute Gasteiger partial charge is 0.383 e. The van der Waals surface area contributed by atoms with Gasteiger partial charge in [-0.3, -0.25) is 4.98 Å². The van der Waals surface area contributed by atoms with Gasteiger partial charge in [-0.25, -0.2) is 0 Å². The van der Waals surface area contributed by atoms with Gasteiger partial charge in [-0.15, -0.1) is 0 Å². The molecule has 2 rings (SSSR count). The van der Waals surface area contributed by atoms with Crippen molar-refractivity contribution in [2.24, 2.45) is 0 Å². The SMILES string of the molecule is Cc1c(NC(C)C)cccc1-c1ccncc1. The second-order valence-electron chi connectivity index (χ2n) is 4.51. The minimum absolute atomic E-state index is 0.446. The second kappa shape index (κ2) is 5.00. The normalized spacial score (nSPS) is 10.6. The number of pyridine rings is 1. The van der Waals surface area contributed by atoms with Crippen LogP contribution in [0.2, 0.25) is 0 Å². The Balaban J connectivity index is 2.43. The molecule has 2 heteroatoms. The quantitative estimate of drug-likeness (QED) is 0.859. The predicted molar refractivity (Wildman–Crippen MR) is 73.2 cm³/mol. The summed E-state index contributed by atoms with van der Waals surface area (Å²) in [5.41, 5.74) is 4.96. The molecule has 2 aromatic rings. The summed E-state index contributed by atoms with van der Waals surface area (Å²) in [6.07, 6.45) is 3.66. The molecule has 0 aliphatic rings. The van der Waals surface area contributed by atoms with Crippen LogP contribution in [-0.4, -0.2) is 11.0 Å². The van der Waals surface area contributed by atoms with E-state index in [2.05, 4.69) is 49.3 Å². The highest BCUT2D eigenvalue weighted by Gasteiger charge is 2.06. The van der Waals surface area contributed by atoms with Crippen LogP contribution in [0.1, 0.15) is 19.4 Å². The van der Waals surface area contributed by atoms with Crippen molar-refractivity contribution in [3.8, 4) is 11.1 Å². The first-order valence-electron chi connectivity index (χ1n) is 5.95. The van der Waals surface area contributed by atoms with E-state index in [0.717, 1.165) is 0 Å². The van der Waals surface area contributed by atoms with Crippen molar-refractivity contribution >= 4 is 5.69 Å². The lowest BCUT2D eigenvalue weighted by molar-refractivity contribution is 0.897. The van der Waals surface area contributed by atoms with Crippen LogP contribution in [0.25, 0.3) is 11.1 Å². The Labute approximate surface area is 103 Å². The lowest BCUT2D eigenvalue weighted by atomic mass is 10.00. The Bertz CT molecular complexity index is 490. The summed E-state index contributed by atoms with van der Waals surface area (Å²) in [6, 6.07) is 10.9. The number of nitrogens with one attached hydrogen (secondary N) is 1. The maximum absolute atomic E-state index is 4.06. The molecule has 1 N–H and O–H groups in total. The van der Waals surface area contributed by atoms with Gasteiger partial charge in [0.1, 0.15) is 0 Å². The van der Waals surface area contributed by atoms with Crippen molar-refractivity contribution < 1.29 is 0 Å². The molecule has 0 fully saturated rings. The van der Waals surface area contributed by atoms with E-state index in [1.54, 1.807) is 0 Å². The summed E-state index contributed by atoms with van der Waals surface area (Å²) >= 11 is 0. The van der Waals surface area contributed by atoms with Crippen LogP contribution in [0.3, 0.4) is 0 Å². The van der Waals surface area contributed by atoms with Gasteiger partial charge in [-0.05, 0) is 55.7 Å². The van der Waals surface area contributed by atoms with E-state index in [-0.39, 0.29) is 0 Å².